The molecule has 2 heterocycles. The van der Waals surface area contributed by atoms with Crippen molar-refractivity contribution in [1.82, 2.24) is 19.7 Å². The number of hydrogen-bond donors (Lipinski definition) is 0. The Balaban J connectivity index is 1.82. The van der Waals surface area contributed by atoms with E-state index in [0.717, 1.165) is 31.2 Å². The van der Waals surface area contributed by atoms with Crippen LogP contribution in [0.4, 0.5) is 0 Å². The summed E-state index contributed by atoms with van der Waals surface area (Å²) in [6.45, 7) is 7.04. The summed E-state index contributed by atoms with van der Waals surface area (Å²) in [4.78, 5) is 6.84. The monoisotopic (exact) mass is 350 g/mol. The second-order valence-corrected chi connectivity index (χ2v) is 6.63. The van der Waals surface area contributed by atoms with Crippen LogP contribution < -0.4 is 4.74 Å². The van der Waals surface area contributed by atoms with Crippen molar-refractivity contribution in [2.45, 2.75) is 32.4 Å². The topological polar surface area (TPSA) is 52.4 Å². The minimum Gasteiger partial charge on any atom is -0.494 e. The van der Waals surface area contributed by atoms with Crippen LogP contribution in [-0.2, 0) is 11.2 Å². The maximum atomic E-state index is 6.14. The minimum absolute atomic E-state index is 0.106. The molecule has 0 amide bonds. The summed E-state index contributed by atoms with van der Waals surface area (Å²) in [5, 5.41) is 4.99. The number of nitrogens with zero attached hydrogens (tertiary/aromatic N) is 4. The fourth-order valence-corrected chi connectivity index (χ4v) is 3.14. The van der Waals surface area contributed by atoms with Crippen molar-refractivity contribution in [3.05, 3.63) is 35.4 Å². The van der Waals surface area contributed by atoms with Gasteiger partial charge in [-0.05, 0) is 32.0 Å². The molecule has 1 unspecified atom stereocenters. The molecule has 2 aromatic rings. The second-order valence-electron chi connectivity index (χ2n) is 6.19. The number of morpholine rings is 1. The van der Waals surface area contributed by atoms with Crippen molar-refractivity contribution in [3.8, 4) is 11.4 Å². The van der Waals surface area contributed by atoms with E-state index in [1.165, 1.54) is 0 Å². The maximum Gasteiger partial charge on any atom is 0.144 e. The Morgan fingerprint density at radius 3 is 3.00 bits per heavy atom. The molecule has 1 aliphatic heterocycles. The number of ether oxygens (including phenoxy) is 2. The molecule has 1 fully saturated rings. The smallest absolute Gasteiger partial charge is 0.144 e. The van der Waals surface area contributed by atoms with Gasteiger partial charge in [-0.3, -0.25) is 4.90 Å². The van der Waals surface area contributed by atoms with Gasteiger partial charge in [-0.15, -0.1) is 0 Å². The summed E-state index contributed by atoms with van der Waals surface area (Å²) >= 11 is 6.14. The van der Waals surface area contributed by atoms with Crippen LogP contribution in [-0.4, -0.2) is 58.6 Å². The first-order valence-corrected chi connectivity index (χ1v) is 8.54. The Morgan fingerprint density at radius 2 is 2.25 bits per heavy atom. The zero-order valence-electron chi connectivity index (χ0n) is 14.3. The van der Waals surface area contributed by atoms with Gasteiger partial charge in [0.05, 0.1) is 19.8 Å². The van der Waals surface area contributed by atoms with Crippen molar-refractivity contribution >= 4 is 11.6 Å². The average Bonchev–Trinajstić information content (AvgIpc) is 3.03. The second kappa shape index (κ2) is 7.51. The summed E-state index contributed by atoms with van der Waals surface area (Å²) < 4.78 is 13.1. The lowest BCUT2D eigenvalue weighted by molar-refractivity contribution is -0.0387. The van der Waals surface area contributed by atoms with E-state index in [4.69, 9.17) is 21.1 Å². The zero-order valence-corrected chi connectivity index (χ0v) is 15.0. The third-order valence-electron chi connectivity index (χ3n) is 4.30. The van der Waals surface area contributed by atoms with Crippen molar-refractivity contribution in [3.63, 3.8) is 0 Å². The van der Waals surface area contributed by atoms with Gasteiger partial charge in [0.25, 0.3) is 0 Å². The summed E-state index contributed by atoms with van der Waals surface area (Å²) in [7, 11) is 1.63. The highest BCUT2D eigenvalue weighted by atomic mass is 35.5. The van der Waals surface area contributed by atoms with Crippen molar-refractivity contribution in [1.29, 1.82) is 0 Å². The van der Waals surface area contributed by atoms with E-state index in [1.807, 2.05) is 12.1 Å². The first kappa shape index (κ1) is 17.2. The van der Waals surface area contributed by atoms with Crippen molar-refractivity contribution in [2.24, 2.45) is 0 Å². The predicted molar refractivity (Wildman–Crippen MR) is 93.1 cm³/mol. The predicted octanol–water partition coefficient (Wildman–Crippen LogP) is 2.58. The van der Waals surface area contributed by atoms with Crippen LogP contribution in [0.1, 0.15) is 19.7 Å². The van der Waals surface area contributed by atoms with E-state index >= 15 is 0 Å². The molecule has 1 aliphatic rings. The first-order chi connectivity index (χ1) is 11.6. The lowest BCUT2D eigenvalue weighted by Gasteiger charge is -2.35. The van der Waals surface area contributed by atoms with Gasteiger partial charge in [-0.25, -0.2) is 9.67 Å². The van der Waals surface area contributed by atoms with Crippen LogP contribution in [0.3, 0.4) is 0 Å². The quantitative estimate of drug-likeness (QED) is 0.829. The third-order valence-corrected chi connectivity index (χ3v) is 4.53. The van der Waals surface area contributed by atoms with E-state index in [9.17, 15) is 0 Å². The molecular weight excluding hydrogens is 328 g/mol. The Kier molecular flexibility index (Phi) is 5.38. The molecule has 24 heavy (non-hydrogen) atoms. The summed E-state index contributed by atoms with van der Waals surface area (Å²) in [5.41, 5.74) is 0.786. The van der Waals surface area contributed by atoms with Crippen molar-refractivity contribution < 1.29 is 9.47 Å². The number of hydrogen-bond acceptors (Lipinski definition) is 5. The lowest BCUT2D eigenvalue weighted by Crippen LogP contribution is -2.46. The number of benzene rings is 1. The molecule has 0 bridgehead atoms. The van der Waals surface area contributed by atoms with Gasteiger partial charge in [0.2, 0.25) is 0 Å². The molecule has 1 atom stereocenters. The Bertz CT molecular complexity index is 689. The van der Waals surface area contributed by atoms with E-state index < -0.39 is 0 Å². The molecule has 1 aromatic carbocycles. The molecule has 130 valence electrons. The highest BCUT2D eigenvalue weighted by Gasteiger charge is 2.24. The molecule has 3 rings (SSSR count). The molecule has 6 nitrogen and oxygen atoms in total. The lowest BCUT2D eigenvalue weighted by atomic mass is 10.1. The van der Waals surface area contributed by atoms with Crippen LogP contribution in [0, 0.1) is 0 Å². The van der Waals surface area contributed by atoms with Crippen molar-refractivity contribution in [2.75, 3.05) is 26.8 Å². The molecule has 1 saturated heterocycles. The minimum atomic E-state index is 0.106. The van der Waals surface area contributed by atoms with E-state index in [2.05, 4.69) is 28.8 Å². The summed E-state index contributed by atoms with van der Waals surface area (Å²) in [5.74, 6) is 1.55. The Hall–Kier alpha value is -1.63. The van der Waals surface area contributed by atoms with Crippen LogP contribution in [0.25, 0.3) is 5.69 Å². The third kappa shape index (κ3) is 3.71. The molecule has 0 saturated carbocycles. The molecule has 7 heteroatoms. The van der Waals surface area contributed by atoms with Gasteiger partial charge in [0.1, 0.15) is 23.6 Å². The largest absolute Gasteiger partial charge is 0.494 e. The summed E-state index contributed by atoms with van der Waals surface area (Å²) in [6, 6.07) is 5.98. The van der Waals surface area contributed by atoms with E-state index in [0.29, 0.717) is 23.2 Å². The van der Waals surface area contributed by atoms with Gasteiger partial charge in [-0.1, -0.05) is 11.6 Å². The normalized spacial score (nSPS) is 19.0. The molecule has 0 aliphatic carbocycles. The van der Waals surface area contributed by atoms with Gasteiger partial charge >= 0.3 is 0 Å². The average molecular weight is 351 g/mol. The SMILES string of the molecule is COc1ccc(Cl)cc1-n1ncnc1CC1CN(C(C)C)CCO1. The van der Waals surface area contributed by atoms with Crippen LogP contribution in [0.2, 0.25) is 5.02 Å². The zero-order chi connectivity index (χ0) is 17.1. The maximum absolute atomic E-state index is 6.14. The van der Waals surface area contributed by atoms with E-state index in [-0.39, 0.29) is 6.10 Å². The molecule has 1 aromatic heterocycles. The van der Waals surface area contributed by atoms with Crippen LogP contribution in [0.15, 0.2) is 24.5 Å². The fourth-order valence-electron chi connectivity index (χ4n) is 2.97. The van der Waals surface area contributed by atoms with Crippen LogP contribution in [0.5, 0.6) is 5.75 Å². The van der Waals surface area contributed by atoms with Gasteiger partial charge in [0, 0.05) is 30.6 Å². The van der Waals surface area contributed by atoms with Crippen LogP contribution >= 0.6 is 11.6 Å². The summed E-state index contributed by atoms with van der Waals surface area (Å²) in [6.07, 6.45) is 2.35. The highest BCUT2D eigenvalue weighted by molar-refractivity contribution is 6.30. The highest BCUT2D eigenvalue weighted by Crippen LogP contribution is 2.27. The molecule has 0 radical (unpaired) electrons. The van der Waals surface area contributed by atoms with Gasteiger partial charge < -0.3 is 9.47 Å². The standard InChI is InChI=1S/C17H23ClN4O2/c1-12(2)21-6-7-24-14(10-21)9-17-19-11-20-22(17)15-8-13(18)4-5-16(15)23-3/h4-5,8,11-12,14H,6-7,9-10H2,1-3H3. The fraction of sp³-hybridized carbons (Fsp3) is 0.529. The van der Waals surface area contributed by atoms with Gasteiger partial charge in [0.15, 0.2) is 0 Å². The number of halogens is 1. The Morgan fingerprint density at radius 1 is 1.42 bits per heavy atom. The van der Waals surface area contributed by atoms with Gasteiger partial charge in [-0.2, -0.15) is 5.10 Å². The van der Waals surface area contributed by atoms with E-state index in [1.54, 1.807) is 24.2 Å². The Labute approximate surface area is 147 Å². The molecule has 0 N–H and O–H groups in total. The first-order valence-electron chi connectivity index (χ1n) is 8.17. The number of aromatic nitrogens is 3. The molecule has 0 spiro atoms. The number of rotatable bonds is 5. The molecular formula is C17H23ClN4O2. The number of methoxy groups -OCH3 is 1.